The second kappa shape index (κ2) is 7.34. The lowest BCUT2D eigenvalue weighted by molar-refractivity contribution is -0.117. The molecule has 108 valence electrons. The quantitative estimate of drug-likeness (QED) is 0.796. The molecule has 0 saturated heterocycles. The van der Waals surface area contributed by atoms with Gasteiger partial charge < -0.3 is 5.73 Å². The van der Waals surface area contributed by atoms with Crippen LogP contribution < -0.4 is 11.2 Å². The van der Waals surface area contributed by atoms with E-state index in [-0.39, 0.29) is 5.91 Å². The van der Waals surface area contributed by atoms with Crippen molar-refractivity contribution in [2.75, 3.05) is 12.0 Å². The molecule has 0 fully saturated rings. The normalized spacial score (nSPS) is 12.7. The van der Waals surface area contributed by atoms with Crippen LogP contribution in [0, 0.1) is 25.7 Å². The first-order valence-corrected chi connectivity index (χ1v) is 7.10. The van der Waals surface area contributed by atoms with Crippen molar-refractivity contribution in [3.8, 4) is 0 Å². The molecule has 0 bridgehead atoms. The zero-order valence-corrected chi connectivity index (χ0v) is 12.6. The number of nitrogens with two attached hydrogens (primary N) is 1. The molecule has 0 aliphatic rings. The summed E-state index contributed by atoms with van der Waals surface area (Å²) in [6, 6.07) is 4.00. The summed E-state index contributed by atoms with van der Waals surface area (Å²) in [5.41, 5.74) is 10.7. The molecule has 1 amide bonds. The maximum Gasteiger partial charge on any atom is 0.238 e. The number of hydrogen-bond donors (Lipinski definition) is 2. The molecule has 3 N–H and O–H groups in total. The minimum atomic E-state index is 0.0741. The maximum absolute atomic E-state index is 12.0. The number of rotatable bonds is 7. The van der Waals surface area contributed by atoms with Crippen LogP contribution in [0.4, 0.5) is 0 Å². The van der Waals surface area contributed by atoms with Gasteiger partial charge in [0.2, 0.25) is 5.91 Å². The molecule has 4 heteroatoms. The van der Waals surface area contributed by atoms with Crippen molar-refractivity contribution < 1.29 is 4.79 Å². The summed E-state index contributed by atoms with van der Waals surface area (Å²) in [7, 11) is 0. The first-order valence-electron chi connectivity index (χ1n) is 7.10. The molecule has 1 rings (SSSR count). The Morgan fingerprint density at radius 3 is 2.32 bits per heavy atom. The van der Waals surface area contributed by atoms with E-state index in [9.17, 15) is 4.79 Å². The highest BCUT2D eigenvalue weighted by atomic mass is 16.2. The number of carbonyl (C=O) groups excluding carboxylic acids is 1. The molecule has 0 aliphatic heterocycles. The number of nitrogens with zero attached hydrogens (tertiary/aromatic N) is 1. The monoisotopic (exact) mass is 265 g/mol. The molecule has 1 heterocycles. The number of hydrogen-bond acceptors (Lipinski definition) is 2. The lowest BCUT2D eigenvalue weighted by Gasteiger charge is -2.20. The van der Waals surface area contributed by atoms with Gasteiger partial charge in [-0.1, -0.05) is 13.8 Å². The van der Waals surface area contributed by atoms with E-state index >= 15 is 0 Å². The summed E-state index contributed by atoms with van der Waals surface area (Å²) in [6.45, 7) is 9.05. The van der Waals surface area contributed by atoms with Gasteiger partial charge in [0.15, 0.2) is 0 Å². The summed E-state index contributed by atoms with van der Waals surface area (Å²) in [6.07, 6.45) is 2.45. The molecular weight excluding hydrogens is 238 g/mol. The maximum atomic E-state index is 12.0. The van der Waals surface area contributed by atoms with Crippen LogP contribution in [0.15, 0.2) is 12.1 Å². The Kier molecular flexibility index (Phi) is 6.09. The molecule has 19 heavy (non-hydrogen) atoms. The van der Waals surface area contributed by atoms with Gasteiger partial charge in [-0.05, 0) is 57.2 Å². The first-order chi connectivity index (χ1) is 8.95. The summed E-state index contributed by atoms with van der Waals surface area (Å²) >= 11 is 0. The number of carbonyl (C=O) groups is 1. The minimum Gasteiger partial charge on any atom is -0.330 e. The second-order valence-corrected chi connectivity index (χ2v) is 5.61. The molecule has 1 aromatic heterocycles. The van der Waals surface area contributed by atoms with Crippen molar-refractivity contribution in [1.82, 2.24) is 4.68 Å². The Hall–Kier alpha value is -1.29. The summed E-state index contributed by atoms with van der Waals surface area (Å²) in [5, 5.41) is 0. The molecule has 1 unspecified atom stereocenters. The average Bonchev–Trinajstić information content (AvgIpc) is 2.66. The third-order valence-corrected chi connectivity index (χ3v) is 3.73. The number of nitrogens with one attached hydrogen (secondary N) is 1. The first kappa shape index (κ1) is 15.8. The van der Waals surface area contributed by atoms with E-state index in [2.05, 4.69) is 19.3 Å². The molecule has 1 atom stereocenters. The van der Waals surface area contributed by atoms with Gasteiger partial charge in [-0.15, -0.1) is 0 Å². The lowest BCUT2D eigenvalue weighted by atomic mass is 9.88. The Labute approximate surface area is 116 Å². The Balaban J connectivity index is 2.47. The van der Waals surface area contributed by atoms with Crippen molar-refractivity contribution in [3.63, 3.8) is 0 Å². The van der Waals surface area contributed by atoms with Crippen molar-refractivity contribution in [2.24, 2.45) is 17.6 Å². The van der Waals surface area contributed by atoms with Gasteiger partial charge in [-0.3, -0.25) is 14.9 Å². The predicted molar refractivity (Wildman–Crippen MR) is 79.5 cm³/mol. The van der Waals surface area contributed by atoms with Gasteiger partial charge in [-0.2, -0.15) is 0 Å². The van der Waals surface area contributed by atoms with Gasteiger partial charge in [0.25, 0.3) is 0 Å². The van der Waals surface area contributed by atoms with E-state index in [0.29, 0.717) is 24.8 Å². The third kappa shape index (κ3) is 4.71. The Bertz CT molecular complexity index is 390. The summed E-state index contributed by atoms with van der Waals surface area (Å²) in [5.74, 6) is 1.18. The van der Waals surface area contributed by atoms with Gasteiger partial charge in [0, 0.05) is 17.8 Å². The second-order valence-electron chi connectivity index (χ2n) is 5.61. The summed E-state index contributed by atoms with van der Waals surface area (Å²) < 4.78 is 1.84. The van der Waals surface area contributed by atoms with E-state index in [0.717, 1.165) is 24.2 Å². The SMILES string of the molecule is Cc1ccc(C)n1NC(=O)CCC(CCN)C(C)C. The zero-order chi connectivity index (χ0) is 14.4. The van der Waals surface area contributed by atoms with E-state index < -0.39 is 0 Å². The van der Waals surface area contributed by atoms with Crippen LogP contribution in [0.2, 0.25) is 0 Å². The van der Waals surface area contributed by atoms with Crippen LogP contribution >= 0.6 is 0 Å². The van der Waals surface area contributed by atoms with Crippen LogP contribution in [-0.4, -0.2) is 17.1 Å². The van der Waals surface area contributed by atoms with Crippen molar-refractivity contribution in [3.05, 3.63) is 23.5 Å². The van der Waals surface area contributed by atoms with Gasteiger partial charge >= 0.3 is 0 Å². The molecule has 0 aliphatic carbocycles. The van der Waals surface area contributed by atoms with Crippen molar-refractivity contribution in [1.29, 1.82) is 0 Å². The van der Waals surface area contributed by atoms with Crippen LogP contribution in [0.5, 0.6) is 0 Å². The van der Waals surface area contributed by atoms with Crippen LogP contribution in [0.3, 0.4) is 0 Å². The fourth-order valence-corrected chi connectivity index (χ4v) is 2.37. The van der Waals surface area contributed by atoms with Crippen LogP contribution in [0.1, 0.15) is 44.5 Å². The topological polar surface area (TPSA) is 60.0 Å². The van der Waals surface area contributed by atoms with E-state index in [1.807, 2.05) is 30.7 Å². The zero-order valence-electron chi connectivity index (χ0n) is 12.6. The number of amides is 1. The standard InChI is InChI=1S/C15H27N3O/c1-11(2)14(9-10-16)7-8-15(19)17-18-12(3)5-6-13(18)4/h5-6,11,14H,7-10,16H2,1-4H3,(H,17,19). The predicted octanol–water partition coefficient (Wildman–Crippen LogP) is 2.58. The number of aromatic nitrogens is 1. The highest BCUT2D eigenvalue weighted by Gasteiger charge is 2.15. The van der Waals surface area contributed by atoms with Crippen molar-refractivity contribution in [2.45, 2.75) is 47.0 Å². The highest BCUT2D eigenvalue weighted by molar-refractivity contribution is 5.83. The van der Waals surface area contributed by atoms with Crippen LogP contribution in [0.25, 0.3) is 0 Å². The minimum absolute atomic E-state index is 0.0741. The largest absolute Gasteiger partial charge is 0.330 e. The molecule has 0 aromatic carbocycles. The molecule has 0 saturated carbocycles. The average molecular weight is 265 g/mol. The smallest absolute Gasteiger partial charge is 0.238 e. The fourth-order valence-electron chi connectivity index (χ4n) is 2.37. The lowest BCUT2D eigenvalue weighted by Crippen LogP contribution is -2.25. The molecule has 0 radical (unpaired) electrons. The van der Waals surface area contributed by atoms with E-state index in [1.54, 1.807) is 0 Å². The van der Waals surface area contributed by atoms with Crippen molar-refractivity contribution >= 4 is 5.91 Å². The molecule has 4 nitrogen and oxygen atoms in total. The van der Waals surface area contributed by atoms with Gasteiger partial charge in [0.05, 0.1) is 0 Å². The Morgan fingerprint density at radius 2 is 1.84 bits per heavy atom. The Morgan fingerprint density at radius 1 is 1.26 bits per heavy atom. The van der Waals surface area contributed by atoms with E-state index in [4.69, 9.17) is 5.73 Å². The fraction of sp³-hybridized carbons (Fsp3) is 0.667. The van der Waals surface area contributed by atoms with E-state index in [1.165, 1.54) is 0 Å². The summed E-state index contributed by atoms with van der Waals surface area (Å²) in [4.78, 5) is 12.0. The highest BCUT2D eigenvalue weighted by Crippen LogP contribution is 2.20. The van der Waals surface area contributed by atoms with Gasteiger partial charge in [-0.25, -0.2) is 0 Å². The molecule has 1 aromatic rings. The third-order valence-electron chi connectivity index (χ3n) is 3.73. The number of aryl methyl sites for hydroxylation is 2. The van der Waals surface area contributed by atoms with Gasteiger partial charge in [0.1, 0.15) is 0 Å². The molecular formula is C15H27N3O. The van der Waals surface area contributed by atoms with Crippen LogP contribution in [-0.2, 0) is 4.79 Å². The molecule has 0 spiro atoms.